The predicted octanol–water partition coefficient (Wildman–Crippen LogP) is 3.71. The lowest BCUT2D eigenvalue weighted by molar-refractivity contribution is -0.116. The van der Waals surface area contributed by atoms with Gasteiger partial charge in [-0.2, -0.15) is 0 Å². The van der Waals surface area contributed by atoms with E-state index in [2.05, 4.69) is 20.2 Å². The van der Waals surface area contributed by atoms with Gasteiger partial charge in [-0.3, -0.25) is 14.9 Å². The summed E-state index contributed by atoms with van der Waals surface area (Å²) in [5, 5.41) is 2.78. The number of hydrogen-bond acceptors (Lipinski definition) is 7. The van der Waals surface area contributed by atoms with Crippen LogP contribution in [0.25, 0.3) is 11.3 Å². The molecule has 0 radical (unpaired) electrons. The molecule has 36 heavy (non-hydrogen) atoms. The van der Waals surface area contributed by atoms with E-state index < -0.39 is 0 Å². The second-order valence-corrected chi connectivity index (χ2v) is 8.92. The quantitative estimate of drug-likeness (QED) is 0.587. The molecule has 0 unspecified atom stereocenters. The van der Waals surface area contributed by atoms with E-state index in [1.54, 1.807) is 17.2 Å². The summed E-state index contributed by atoms with van der Waals surface area (Å²) in [6.45, 7) is 5.42. The minimum Gasteiger partial charge on any atom is -0.380 e. The highest BCUT2D eigenvalue weighted by molar-refractivity contribution is 6.07. The Kier molecular flexibility index (Phi) is 7.18. The van der Waals surface area contributed by atoms with Gasteiger partial charge in [0.1, 0.15) is 11.5 Å². The zero-order valence-electron chi connectivity index (χ0n) is 20.4. The molecule has 186 valence electrons. The maximum atomic E-state index is 13.8. The maximum absolute atomic E-state index is 13.8. The van der Waals surface area contributed by atoms with Crippen molar-refractivity contribution in [1.82, 2.24) is 15.0 Å². The normalized spacial score (nSPS) is 15.4. The molecule has 3 aromatic rings. The molecule has 9 nitrogen and oxygen atoms in total. The van der Waals surface area contributed by atoms with Crippen LogP contribution in [0.5, 0.6) is 0 Å². The van der Waals surface area contributed by atoms with Gasteiger partial charge in [0.05, 0.1) is 18.0 Å². The Hall–Kier alpha value is -3.85. The van der Waals surface area contributed by atoms with Gasteiger partial charge in [0, 0.05) is 44.4 Å². The lowest BCUT2D eigenvalue weighted by Gasteiger charge is -2.24. The van der Waals surface area contributed by atoms with E-state index in [0.717, 1.165) is 60.9 Å². The average Bonchev–Trinajstić information content (AvgIpc) is 3.27. The van der Waals surface area contributed by atoms with E-state index in [1.165, 1.54) is 0 Å². The number of amides is 2. The number of hydrogen-bond donors (Lipinski definition) is 1. The Bertz CT molecular complexity index is 1260. The first-order valence-electron chi connectivity index (χ1n) is 12.5. The number of carbonyl (C=O) groups excluding carboxylic acids is 2. The van der Waals surface area contributed by atoms with Crippen LogP contribution >= 0.6 is 0 Å². The van der Waals surface area contributed by atoms with E-state index in [9.17, 15) is 9.59 Å². The summed E-state index contributed by atoms with van der Waals surface area (Å²) in [5.41, 5.74) is 3.65. The summed E-state index contributed by atoms with van der Waals surface area (Å²) in [6, 6.07) is 13.3. The van der Waals surface area contributed by atoms with Gasteiger partial charge in [-0.1, -0.05) is 31.2 Å². The number of rotatable bonds is 5. The summed E-state index contributed by atoms with van der Waals surface area (Å²) in [5.74, 6) is 0.791. The third-order valence-electron chi connectivity index (χ3n) is 6.39. The standard InChI is InChI=1S/C27H30N6O3/c1-2-7-24(34)30-27-28-18-19-12-14-33(22-10-4-3-8-20(22)25(19)31-27)26(35)21-9-5-11-23(29-21)32-13-6-16-36-17-15-32/h3-5,8-11,18H,2,6-7,12-17H2,1H3,(H,28,30,31,34). The van der Waals surface area contributed by atoms with E-state index >= 15 is 0 Å². The van der Waals surface area contributed by atoms with Crippen LogP contribution in [0.15, 0.2) is 48.7 Å². The van der Waals surface area contributed by atoms with Crippen LogP contribution in [0.4, 0.5) is 17.5 Å². The van der Waals surface area contributed by atoms with Crippen molar-refractivity contribution in [3.63, 3.8) is 0 Å². The number of nitrogens with zero attached hydrogens (tertiary/aromatic N) is 5. The van der Waals surface area contributed by atoms with Gasteiger partial charge in [-0.05, 0) is 43.0 Å². The Labute approximate surface area is 210 Å². The molecular weight excluding hydrogens is 456 g/mol. The monoisotopic (exact) mass is 486 g/mol. The van der Waals surface area contributed by atoms with E-state index in [0.29, 0.717) is 31.7 Å². The smallest absolute Gasteiger partial charge is 0.276 e. The molecule has 0 aliphatic carbocycles. The fourth-order valence-electron chi connectivity index (χ4n) is 4.60. The molecule has 2 aliphatic rings. The molecule has 9 heteroatoms. The Morgan fingerprint density at radius 2 is 1.92 bits per heavy atom. The lowest BCUT2D eigenvalue weighted by atomic mass is 10.1. The van der Waals surface area contributed by atoms with Gasteiger partial charge in [-0.15, -0.1) is 0 Å². The average molecular weight is 487 g/mol. The number of carbonyl (C=O) groups is 2. The van der Waals surface area contributed by atoms with Crippen LogP contribution in [0.3, 0.4) is 0 Å². The highest BCUT2D eigenvalue weighted by Crippen LogP contribution is 2.36. The Morgan fingerprint density at radius 1 is 1.03 bits per heavy atom. The second kappa shape index (κ2) is 10.8. The summed E-state index contributed by atoms with van der Waals surface area (Å²) in [6.07, 6.45) is 4.42. The van der Waals surface area contributed by atoms with Gasteiger partial charge in [0.2, 0.25) is 11.9 Å². The number of anilines is 3. The third-order valence-corrected chi connectivity index (χ3v) is 6.39. The molecule has 1 saturated heterocycles. The van der Waals surface area contributed by atoms with Crippen molar-refractivity contribution in [2.24, 2.45) is 0 Å². The molecule has 0 bridgehead atoms. The van der Waals surface area contributed by atoms with Gasteiger partial charge in [0.25, 0.3) is 5.91 Å². The number of pyridine rings is 1. The zero-order valence-corrected chi connectivity index (χ0v) is 20.4. The number of benzene rings is 1. The van der Waals surface area contributed by atoms with Gasteiger partial charge in [0.15, 0.2) is 0 Å². The van der Waals surface area contributed by atoms with Crippen LogP contribution in [-0.2, 0) is 16.0 Å². The first kappa shape index (κ1) is 23.9. The molecule has 5 rings (SSSR count). The first-order valence-corrected chi connectivity index (χ1v) is 12.5. The minimum atomic E-state index is -0.160. The highest BCUT2D eigenvalue weighted by Gasteiger charge is 2.27. The van der Waals surface area contributed by atoms with Crippen LogP contribution < -0.4 is 15.1 Å². The largest absolute Gasteiger partial charge is 0.380 e. The Balaban J connectivity index is 1.46. The van der Waals surface area contributed by atoms with Crippen LogP contribution in [-0.4, -0.2) is 59.6 Å². The lowest BCUT2D eigenvalue weighted by Crippen LogP contribution is -2.34. The van der Waals surface area contributed by atoms with Crippen molar-refractivity contribution < 1.29 is 14.3 Å². The van der Waals surface area contributed by atoms with Crippen molar-refractivity contribution in [3.8, 4) is 11.3 Å². The molecular formula is C27H30N6O3. The molecule has 2 amide bonds. The molecule has 1 aromatic carbocycles. The molecule has 0 saturated carbocycles. The fraction of sp³-hybridized carbons (Fsp3) is 0.370. The molecule has 2 aliphatic heterocycles. The van der Waals surface area contributed by atoms with E-state index in [4.69, 9.17) is 9.72 Å². The van der Waals surface area contributed by atoms with Crippen molar-refractivity contribution in [1.29, 1.82) is 0 Å². The number of fused-ring (bicyclic) bond motifs is 3. The SMILES string of the molecule is CCCC(=O)Nc1ncc2c(n1)-c1ccccc1N(C(=O)c1cccc(N3CCCOCC3)n1)CC2. The van der Waals surface area contributed by atoms with Crippen LogP contribution in [0.2, 0.25) is 0 Å². The van der Waals surface area contributed by atoms with Crippen molar-refractivity contribution in [3.05, 3.63) is 59.9 Å². The highest BCUT2D eigenvalue weighted by atomic mass is 16.5. The second-order valence-electron chi connectivity index (χ2n) is 8.92. The minimum absolute atomic E-state index is 0.113. The third kappa shape index (κ3) is 5.06. The van der Waals surface area contributed by atoms with Crippen LogP contribution in [0.1, 0.15) is 42.2 Å². The molecule has 0 atom stereocenters. The fourth-order valence-corrected chi connectivity index (χ4v) is 4.60. The van der Waals surface area contributed by atoms with Crippen molar-refractivity contribution in [2.45, 2.75) is 32.6 Å². The van der Waals surface area contributed by atoms with Gasteiger partial charge >= 0.3 is 0 Å². The zero-order chi connectivity index (χ0) is 24.9. The number of para-hydroxylation sites is 1. The summed E-state index contributed by atoms with van der Waals surface area (Å²) in [4.78, 5) is 43.6. The van der Waals surface area contributed by atoms with E-state index in [-0.39, 0.29) is 17.8 Å². The van der Waals surface area contributed by atoms with Crippen LogP contribution in [0, 0.1) is 0 Å². The Morgan fingerprint density at radius 3 is 2.81 bits per heavy atom. The maximum Gasteiger partial charge on any atom is 0.276 e. The number of nitrogens with one attached hydrogen (secondary N) is 1. The molecule has 1 N–H and O–H groups in total. The van der Waals surface area contributed by atoms with Gasteiger partial charge < -0.3 is 14.5 Å². The molecule has 0 spiro atoms. The summed E-state index contributed by atoms with van der Waals surface area (Å²) >= 11 is 0. The summed E-state index contributed by atoms with van der Waals surface area (Å²) in [7, 11) is 0. The van der Waals surface area contributed by atoms with E-state index in [1.807, 2.05) is 43.3 Å². The number of ether oxygens (including phenoxy) is 1. The van der Waals surface area contributed by atoms with Crippen molar-refractivity contribution in [2.75, 3.05) is 48.0 Å². The van der Waals surface area contributed by atoms with Gasteiger partial charge in [-0.25, -0.2) is 15.0 Å². The number of aromatic nitrogens is 3. The molecule has 2 aromatic heterocycles. The van der Waals surface area contributed by atoms with Crippen molar-refractivity contribution >= 4 is 29.3 Å². The molecule has 4 heterocycles. The topological polar surface area (TPSA) is 101 Å². The molecule has 1 fully saturated rings. The first-order chi connectivity index (χ1) is 17.6. The predicted molar refractivity (Wildman–Crippen MR) is 138 cm³/mol. The summed E-state index contributed by atoms with van der Waals surface area (Å²) < 4.78 is 5.57.